The number of rotatable bonds is 9. The molecule has 0 radical (unpaired) electrons. The smallest absolute Gasteiger partial charge is 0.101 e. The van der Waals surface area contributed by atoms with Crippen LogP contribution < -0.4 is 0 Å². The van der Waals surface area contributed by atoms with E-state index < -0.39 is 0 Å². The third-order valence-electron chi connectivity index (χ3n) is 6.05. The lowest BCUT2D eigenvalue weighted by atomic mass is 9.66. The van der Waals surface area contributed by atoms with Crippen LogP contribution in [0.5, 0.6) is 0 Å². The standard InChI is InChI=1S/C22H23B.C6H15N/c23-18-10-17-22(19-11-4-1-5-12-19,20-13-6-2-7-14-20)21-15-8-3-9-16-21;1-4-7(5-2)6-3/h1-9,11-16H,10,17-18,23H2;4-6H2,1-3H3. The van der Waals surface area contributed by atoms with Gasteiger partial charge in [0.25, 0.3) is 0 Å². The lowest BCUT2D eigenvalue weighted by Crippen LogP contribution is -2.29. The van der Waals surface area contributed by atoms with Gasteiger partial charge >= 0.3 is 0 Å². The molecule has 0 aromatic heterocycles. The van der Waals surface area contributed by atoms with Crippen molar-refractivity contribution in [1.29, 1.82) is 0 Å². The maximum absolute atomic E-state index is 2.38. The van der Waals surface area contributed by atoms with Crippen LogP contribution in [0.15, 0.2) is 91.0 Å². The SMILES string of the molecule is BCCCC(c1ccccc1)(c1ccccc1)c1ccccc1.CCN(CC)CC. The zero-order valence-corrected chi connectivity index (χ0v) is 19.4. The number of hydrogen-bond donors (Lipinski definition) is 0. The lowest BCUT2D eigenvalue weighted by molar-refractivity contribution is 0.321. The van der Waals surface area contributed by atoms with Gasteiger partial charge in [-0.15, -0.1) is 0 Å². The maximum atomic E-state index is 2.38. The van der Waals surface area contributed by atoms with Gasteiger partial charge in [0.1, 0.15) is 7.85 Å². The van der Waals surface area contributed by atoms with E-state index in [4.69, 9.17) is 0 Å². The van der Waals surface area contributed by atoms with E-state index in [1.54, 1.807) is 0 Å². The summed E-state index contributed by atoms with van der Waals surface area (Å²) in [5.74, 6) is 0. The summed E-state index contributed by atoms with van der Waals surface area (Å²) >= 11 is 0. The molecule has 30 heavy (non-hydrogen) atoms. The Balaban J connectivity index is 0.000000396. The van der Waals surface area contributed by atoms with Crippen molar-refractivity contribution in [3.8, 4) is 0 Å². The zero-order valence-electron chi connectivity index (χ0n) is 19.4. The minimum Gasteiger partial charge on any atom is -0.304 e. The van der Waals surface area contributed by atoms with E-state index in [1.165, 1.54) is 49.1 Å². The van der Waals surface area contributed by atoms with Crippen LogP contribution in [0.4, 0.5) is 0 Å². The molecule has 2 heteroatoms. The van der Waals surface area contributed by atoms with Crippen LogP contribution >= 0.6 is 0 Å². The van der Waals surface area contributed by atoms with E-state index in [0.29, 0.717) is 0 Å². The van der Waals surface area contributed by atoms with E-state index >= 15 is 0 Å². The average Bonchev–Trinajstić information content (AvgIpc) is 2.83. The van der Waals surface area contributed by atoms with Crippen molar-refractivity contribution in [3.05, 3.63) is 108 Å². The highest BCUT2D eigenvalue weighted by Crippen LogP contribution is 2.43. The third kappa shape index (κ3) is 6.09. The molecule has 0 aliphatic heterocycles. The summed E-state index contributed by atoms with van der Waals surface area (Å²) in [5.41, 5.74) is 4.07. The molecule has 3 aromatic rings. The Bertz CT molecular complexity index is 696. The van der Waals surface area contributed by atoms with Crippen molar-refractivity contribution in [2.24, 2.45) is 0 Å². The van der Waals surface area contributed by atoms with Crippen LogP contribution in [0.25, 0.3) is 0 Å². The number of benzene rings is 3. The first-order chi connectivity index (χ1) is 14.7. The molecule has 158 valence electrons. The molecular formula is C28H38BN. The van der Waals surface area contributed by atoms with Gasteiger partial charge in [-0.1, -0.05) is 125 Å². The lowest BCUT2D eigenvalue weighted by Gasteiger charge is -2.36. The molecule has 0 saturated heterocycles. The molecule has 0 aliphatic rings. The molecule has 1 nitrogen and oxygen atoms in total. The minimum absolute atomic E-state index is 0.0697. The first-order valence-electron chi connectivity index (χ1n) is 11.6. The normalized spacial score (nSPS) is 11.1. The van der Waals surface area contributed by atoms with Gasteiger partial charge in [-0.05, 0) is 42.7 Å². The zero-order chi connectivity index (χ0) is 21.7. The van der Waals surface area contributed by atoms with Gasteiger partial charge in [0.05, 0.1) is 0 Å². The first-order valence-corrected chi connectivity index (χ1v) is 11.6. The van der Waals surface area contributed by atoms with Gasteiger partial charge in [-0.3, -0.25) is 0 Å². The summed E-state index contributed by atoms with van der Waals surface area (Å²) in [6.45, 7) is 10.1. The summed E-state index contributed by atoms with van der Waals surface area (Å²) in [7, 11) is 2.27. The molecule has 0 saturated carbocycles. The van der Waals surface area contributed by atoms with Gasteiger partial charge in [0.2, 0.25) is 0 Å². The van der Waals surface area contributed by atoms with E-state index in [2.05, 4.69) is 125 Å². The summed E-state index contributed by atoms with van der Waals surface area (Å²) in [5, 5.41) is 0. The highest BCUT2D eigenvalue weighted by atomic mass is 15.1. The van der Waals surface area contributed by atoms with Gasteiger partial charge < -0.3 is 4.90 Å². The predicted molar refractivity (Wildman–Crippen MR) is 135 cm³/mol. The maximum Gasteiger partial charge on any atom is 0.101 e. The van der Waals surface area contributed by atoms with Crippen molar-refractivity contribution in [2.75, 3.05) is 19.6 Å². The van der Waals surface area contributed by atoms with Gasteiger partial charge in [-0.2, -0.15) is 0 Å². The highest BCUT2D eigenvalue weighted by molar-refractivity contribution is 6.08. The second-order valence-corrected chi connectivity index (χ2v) is 7.73. The van der Waals surface area contributed by atoms with Crippen LogP contribution in [-0.4, -0.2) is 32.4 Å². The summed E-state index contributed by atoms with van der Waals surface area (Å²) in [6.07, 6.45) is 3.54. The molecule has 0 heterocycles. The van der Waals surface area contributed by atoms with E-state index in [-0.39, 0.29) is 5.41 Å². The van der Waals surface area contributed by atoms with Crippen LogP contribution in [0, 0.1) is 0 Å². The van der Waals surface area contributed by atoms with Crippen LogP contribution in [0.1, 0.15) is 50.3 Å². The summed E-state index contributed by atoms with van der Waals surface area (Å²) in [6, 6.07) is 32.9. The fourth-order valence-corrected chi connectivity index (χ4v) is 4.21. The topological polar surface area (TPSA) is 3.24 Å². The van der Waals surface area contributed by atoms with Gasteiger partial charge in [0.15, 0.2) is 0 Å². The molecule has 3 aromatic carbocycles. The molecule has 3 rings (SSSR count). The third-order valence-corrected chi connectivity index (χ3v) is 6.05. The Morgan fingerprint density at radius 2 is 0.933 bits per heavy atom. The van der Waals surface area contributed by atoms with Crippen LogP contribution in [0.3, 0.4) is 0 Å². The Morgan fingerprint density at radius 3 is 1.17 bits per heavy atom. The van der Waals surface area contributed by atoms with Crippen molar-refractivity contribution in [2.45, 2.75) is 45.3 Å². The Labute approximate surface area is 185 Å². The Kier molecular flexibility index (Phi) is 10.4. The second kappa shape index (κ2) is 13.1. The van der Waals surface area contributed by atoms with Crippen LogP contribution in [0.2, 0.25) is 6.32 Å². The van der Waals surface area contributed by atoms with E-state index in [9.17, 15) is 0 Å². The summed E-state index contributed by atoms with van der Waals surface area (Å²) < 4.78 is 0. The van der Waals surface area contributed by atoms with Gasteiger partial charge in [0, 0.05) is 5.41 Å². The molecule has 0 unspecified atom stereocenters. The molecular weight excluding hydrogens is 361 g/mol. The van der Waals surface area contributed by atoms with Crippen molar-refractivity contribution in [3.63, 3.8) is 0 Å². The van der Waals surface area contributed by atoms with Crippen molar-refractivity contribution < 1.29 is 0 Å². The molecule has 0 fully saturated rings. The highest BCUT2D eigenvalue weighted by Gasteiger charge is 2.35. The number of nitrogens with zero attached hydrogens (tertiary/aromatic N) is 1. The fourth-order valence-electron chi connectivity index (χ4n) is 4.21. The molecule has 0 spiro atoms. The average molecular weight is 399 g/mol. The van der Waals surface area contributed by atoms with Crippen molar-refractivity contribution >= 4 is 7.85 Å². The minimum atomic E-state index is -0.0697. The fraction of sp³-hybridized carbons (Fsp3) is 0.357. The first kappa shape index (κ1) is 24.0. The van der Waals surface area contributed by atoms with Crippen molar-refractivity contribution in [1.82, 2.24) is 4.90 Å². The monoisotopic (exact) mass is 399 g/mol. The number of hydrogen-bond acceptors (Lipinski definition) is 1. The molecule has 0 atom stereocenters. The Morgan fingerprint density at radius 1 is 0.600 bits per heavy atom. The van der Waals surface area contributed by atoms with Crippen LogP contribution in [-0.2, 0) is 5.41 Å². The van der Waals surface area contributed by atoms with E-state index in [0.717, 1.165) is 6.42 Å². The quantitative estimate of drug-likeness (QED) is 0.306. The Hall–Kier alpha value is -2.32. The molecule has 0 N–H and O–H groups in total. The van der Waals surface area contributed by atoms with Gasteiger partial charge in [-0.25, -0.2) is 0 Å². The molecule has 0 aliphatic carbocycles. The largest absolute Gasteiger partial charge is 0.304 e. The second-order valence-electron chi connectivity index (χ2n) is 7.73. The summed E-state index contributed by atoms with van der Waals surface area (Å²) in [4.78, 5) is 2.38. The molecule has 0 amide bonds. The predicted octanol–water partition coefficient (Wildman–Crippen LogP) is 6.20. The molecule has 0 bridgehead atoms. The van der Waals surface area contributed by atoms with E-state index in [1.807, 2.05) is 0 Å².